The Hall–Kier alpha value is -9.70. The van der Waals surface area contributed by atoms with Gasteiger partial charge in [-0.2, -0.15) is 0 Å². The van der Waals surface area contributed by atoms with Gasteiger partial charge in [0.05, 0.1) is 16.5 Å². The SMILES string of the molecule is c1ccc(-c2ccc(-c3ccccc3N(c3ccc4c(c3)C3(c5ccccc5Oc5ccccc53)c3ccccc3-4)c3ccc4c5c(ccc4c3)C3(c4ccccc4Oc4ccccc43)c3ccccc3-5)cc2)cc1. The Bertz CT molecular complexity index is 4230. The highest BCUT2D eigenvalue weighted by atomic mass is 16.5. The molecule has 0 amide bonds. The summed E-state index contributed by atoms with van der Waals surface area (Å²) < 4.78 is 13.4. The topological polar surface area (TPSA) is 21.7 Å². The molecule has 4 aliphatic rings. The molecule has 0 radical (unpaired) electrons. The molecule has 0 aromatic heterocycles. The Morgan fingerprint density at radius 3 is 1.33 bits per heavy atom. The van der Waals surface area contributed by atoms with Crippen LogP contribution in [0.1, 0.15) is 44.5 Å². The van der Waals surface area contributed by atoms with Crippen LogP contribution in [0, 0.1) is 0 Å². The molecular formula is C72H45NO2. The first-order valence-electron chi connectivity index (χ1n) is 25.9. The smallest absolute Gasteiger partial charge is 0.132 e. The minimum atomic E-state index is -0.624. The van der Waals surface area contributed by atoms with Gasteiger partial charge < -0.3 is 14.4 Å². The molecule has 0 atom stereocenters. The highest BCUT2D eigenvalue weighted by Crippen LogP contribution is 2.65. The fourth-order valence-electron chi connectivity index (χ4n) is 13.6. The number of hydrogen-bond donors (Lipinski definition) is 0. The van der Waals surface area contributed by atoms with Gasteiger partial charge in [0.25, 0.3) is 0 Å². The monoisotopic (exact) mass is 955 g/mol. The summed E-state index contributed by atoms with van der Waals surface area (Å²) in [6.07, 6.45) is 0. The normalized spacial score (nSPS) is 14.0. The van der Waals surface area contributed by atoms with Crippen LogP contribution < -0.4 is 14.4 Å². The first-order chi connectivity index (χ1) is 37.2. The fourth-order valence-corrected chi connectivity index (χ4v) is 13.6. The van der Waals surface area contributed by atoms with Crippen molar-refractivity contribution in [2.24, 2.45) is 0 Å². The predicted octanol–water partition coefficient (Wildman–Crippen LogP) is 18.6. The summed E-state index contributed by atoms with van der Waals surface area (Å²) in [5.74, 6) is 3.54. The Balaban J connectivity index is 0.937. The molecule has 0 unspecified atom stereocenters. The van der Waals surface area contributed by atoms with E-state index in [1.54, 1.807) is 0 Å². The molecule has 12 aromatic rings. The van der Waals surface area contributed by atoms with Gasteiger partial charge in [-0.05, 0) is 127 Å². The highest BCUT2D eigenvalue weighted by Gasteiger charge is 2.53. The van der Waals surface area contributed by atoms with E-state index in [1.165, 1.54) is 66.4 Å². The molecule has 16 rings (SSSR count). The zero-order chi connectivity index (χ0) is 49.2. The quantitative estimate of drug-likeness (QED) is 0.172. The van der Waals surface area contributed by atoms with Crippen molar-refractivity contribution < 1.29 is 9.47 Å². The van der Waals surface area contributed by atoms with Gasteiger partial charge in [-0.25, -0.2) is 0 Å². The molecule has 0 N–H and O–H groups in total. The lowest BCUT2D eigenvalue weighted by molar-refractivity contribution is 0.436. The van der Waals surface area contributed by atoms with Crippen LogP contribution in [-0.2, 0) is 10.8 Å². The minimum Gasteiger partial charge on any atom is -0.457 e. The van der Waals surface area contributed by atoms with Crippen molar-refractivity contribution >= 4 is 27.8 Å². The standard InChI is InChI=1S/C72H45NO2/c1-2-18-46(19-3-1)47-34-36-48(37-35-47)52-20-6-13-29-65(52)73(51-40-42-55-54-21-4-7-23-57(54)72(64(55)45-51)61-27-11-16-32-68(61)75-69-33-17-12-28-62(69)72)50-39-41-53-49(44-50)38-43-63-70(53)56-22-5-8-24-58(56)71(63)59-25-9-14-30-66(59)74-67-31-15-10-26-60(67)71/h1-45H. The second kappa shape index (κ2) is 15.9. The molecule has 3 nitrogen and oxygen atoms in total. The zero-order valence-corrected chi connectivity index (χ0v) is 40.7. The second-order valence-corrected chi connectivity index (χ2v) is 20.2. The van der Waals surface area contributed by atoms with Crippen LogP contribution in [0.3, 0.4) is 0 Å². The van der Waals surface area contributed by atoms with Gasteiger partial charge >= 0.3 is 0 Å². The molecule has 0 saturated heterocycles. The Kier molecular flexibility index (Phi) is 8.88. The van der Waals surface area contributed by atoms with Gasteiger partial charge in [0, 0.05) is 39.2 Å². The number of hydrogen-bond acceptors (Lipinski definition) is 3. The number of nitrogens with zero attached hydrogens (tertiary/aromatic N) is 1. The van der Waals surface area contributed by atoms with E-state index in [4.69, 9.17) is 9.47 Å². The van der Waals surface area contributed by atoms with E-state index in [9.17, 15) is 0 Å². The lowest BCUT2D eigenvalue weighted by atomic mass is 9.66. The molecule has 0 bridgehead atoms. The van der Waals surface area contributed by atoms with Gasteiger partial charge in [-0.3, -0.25) is 0 Å². The first kappa shape index (κ1) is 41.9. The molecule has 2 heterocycles. The van der Waals surface area contributed by atoms with E-state index in [-0.39, 0.29) is 0 Å². The Morgan fingerprint density at radius 2 is 0.707 bits per heavy atom. The second-order valence-electron chi connectivity index (χ2n) is 20.2. The third kappa shape index (κ3) is 5.75. The third-order valence-electron chi connectivity index (χ3n) is 16.6. The van der Waals surface area contributed by atoms with Crippen LogP contribution in [0.4, 0.5) is 17.1 Å². The van der Waals surface area contributed by atoms with Crippen LogP contribution in [0.5, 0.6) is 23.0 Å². The maximum Gasteiger partial charge on any atom is 0.132 e. The summed E-state index contributed by atoms with van der Waals surface area (Å²) in [6, 6.07) is 100.0. The summed E-state index contributed by atoms with van der Waals surface area (Å²) in [4.78, 5) is 2.49. The van der Waals surface area contributed by atoms with Crippen molar-refractivity contribution in [2.45, 2.75) is 10.8 Å². The molecule has 3 heteroatoms. The van der Waals surface area contributed by atoms with Crippen molar-refractivity contribution in [3.05, 3.63) is 317 Å². The van der Waals surface area contributed by atoms with Gasteiger partial charge in [0.1, 0.15) is 23.0 Å². The van der Waals surface area contributed by atoms with Crippen LogP contribution in [0.25, 0.3) is 55.3 Å². The summed E-state index contributed by atoms with van der Waals surface area (Å²) in [5, 5.41) is 2.38. The summed E-state index contributed by atoms with van der Waals surface area (Å²) in [7, 11) is 0. The molecule has 12 aromatic carbocycles. The van der Waals surface area contributed by atoms with E-state index < -0.39 is 10.8 Å². The van der Waals surface area contributed by atoms with Crippen molar-refractivity contribution in [1.82, 2.24) is 0 Å². The van der Waals surface area contributed by atoms with Gasteiger partial charge in [0.2, 0.25) is 0 Å². The van der Waals surface area contributed by atoms with Crippen molar-refractivity contribution in [3.63, 3.8) is 0 Å². The zero-order valence-electron chi connectivity index (χ0n) is 40.7. The van der Waals surface area contributed by atoms with E-state index >= 15 is 0 Å². The molecule has 0 fully saturated rings. The number of para-hydroxylation sites is 5. The predicted molar refractivity (Wildman–Crippen MR) is 304 cm³/mol. The molecule has 2 aliphatic carbocycles. The molecule has 2 spiro atoms. The van der Waals surface area contributed by atoms with Crippen LogP contribution in [0.2, 0.25) is 0 Å². The third-order valence-corrected chi connectivity index (χ3v) is 16.6. The molecule has 350 valence electrons. The van der Waals surface area contributed by atoms with Crippen molar-refractivity contribution in [2.75, 3.05) is 4.90 Å². The van der Waals surface area contributed by atoms with Crippen LogP contribution >= 0.6 is 0 Å². The average molecular weight is 956 g/mol. The number of benzene rings is 12. The summed E-state index contributed by atoms with van der Waals surface area (Å²) in [6.45, 7) is 0. The minimum absolute atomic E-state index is 0.551. The Morgan fingerprint density at radius 1 is 0.267 bits per heavy atom. The highest BCUT2D eigenvalue weighted by molar-refractivity contribution is 6.06. The molecule has 0 saturated carbocycles. The molecule has 2 aliphatic heterocycles. The molecular weight excluding hydrogens is 911 g/mol. The van der Waals surface area contributed by atoms with Gasteiger partial charge in [0.15, 0.2) is 0 Å². The van der Waals surface area contributed by atoms with Gasteiger partial charge in [-0.1, -0.05) is 218 Å². The van der Waals surface area contributed by atoms with Crippen LogP contribution in [0.15, 0.2) is 273 Å². The van der Waals surface area contributed by atoms with E-state index in [0.29, 0.717) is 0 Å². The fraction of sp³-hybridized carbons (Fsp3) is 0.0278. The lowest BCUT2D eigenvalue weighted by Gasteiger charge is -2.39. The molecule has 75 heavy (non-hydrogen) atoms. The summed E-state index contributed by atoms with van der Waals surface area (Å²) in [5.41, 5.74) is 21.3. The first-order valence-corrected chi connectivity index (χ1v) is 25.9. The van der Waals surface area contributed by atoms with E-state index in [0.717, 1.165) is 73.4 Å². The van der Waals surface area contributed by atoms with Crippen molar-refractivity contribution in [1.29, 1.82) is 0 Å². The maximum absolute atomic E-state index is 6.76. The summed E-state index contributed by atoms with van der Waals surface area (Å²) >= 11 is 0. The number of rotatable bonds is 5. The number of fused-ring (bicyclic) bond motifs is 20. The Labute approximate surface area is 435 Å². The number of ether oxygens (including phenoxy) is 2. The van der Waals surface area contributed by atoms with E-state index in [1.807, 2.05) is 0 Å². The van der Waals surface area contributed by atoms with Crippen molar-refractivity contribution in [3.8, 4) is 67.5 Å². The lowest BCUT2D eigenvalue weighted by Crippen LogP contribution is -2.32. The van der Waals surface area contributed by atoms with Gasteiger partial charge in [-0.15, -0.1) is 0 Å². The average Bonchev–Trinajstić information content (AvgIpc) is 3.98. The largest absolute Gasteiger partial charge is 0.457 e. The van der Waals surface area contributed by atoms with Crippen LogP contribution in [-0.4, -0.2) is 0 Å². The number of anilines is 3. The van der Waals surface area contributed by atoms with E-state index in [2.05, 4.69) is 278 Å². The maximum atomic E-state index is 6.76.